The van der Waals surface area contributed by atoms with E-state index in [1.807, 2.05) is 58.1 Å². The number of carbonyl (C=O) groups is 1. The molecule has 3 aromatic rings. The Morgan fingerprint density at radius 3 is 2.79 bits per heavy atom. The molecule has 1 amide bonds. The zero-order valence-corrected chi connectivity index (χ0v) is 16.7. The number of carbonyl (C=O) groups excluding carboxylic acids is 1. The molecule has 0 spiro atoms. The molecule has 1 unspecified atom stereocenters. The van der Waals surface area contributed by atoms with Gasteiger partial charge < -0.3 is 18.9 Å². The molecule has 0 saturated carbocycles. The molecule has 2 aromatic carbocycles. The molecular formula is C23H25N3O3. The minimum absolute atomic E-state index is 0.00958. The van der Waals surface area contributed by atoms with E-state index in [2.05, 4.69) is 4.98 Å². The fourth-order valence-corrected chi connectivity index (χ4v) is 4.03. The van der Waals surface area contributed by atoms with Crippen LogP contribution in [0.1, 0.15) is 40.4 Å². The first-order valence-corrected chi connectivity index (χ1v) is 9.78. The van der Waals surface area contributed by atoms with Gasteiger partial charge in [-0.2, -0.15) is 0 Å². The summed E-state index contributed by atoms with van der Waals surface area (Å²) in [5.41, 5.74) is 2.75. The zero-order valence-electron chi connectivity index (χ0n) is 16.7. The highest BCUT2D eigenvalue weighted by Gasteiger charge is 2.33. The molecule has 0 bridgehead atoms. The molecule has 6 nitrogen and oxygen atoms in total. The van der Waals surface area contributed by atoms with Crippen molar-refractivity contribution in [2.45, 2.75) is 25.4 Å². The Kier molecular flexibility index (Phi) is 5.51. The van der Waals surface area contributed by atoms with Gasteiger partial charge in [-0.15, -0.1) is 0 Å². The van der Waals surface area contributed by atoms with Crippen LogP contribution in [0.15, 0.2) is 61.2 Å². The number of hydrogen-bond acceptors (Lipinski definition) is 4. The van der Waals surface area contributed by atoms with Gasteiger partial charge in [0.2, 0.25) is 0 Å². The number of aromatic nitrogens is 2. The van der Waals surface area contributed by atoms with Gasteiger partial charge in [0.05, 0.1) is 26.6 Å². The highest BCUT2D eigenvalue weighted by molar-refractivity contribution is 5.96. The van der Waals surface area contributed by atoms with Crippen LogP contribution in [-0.4, -0.2) is 41.1 Å². The molecule has 1 saturated heterocycles. The maximum Gasteiger partial charge on any atom is 0.254 e. The number of hydrogen-bond donors (Lipinski definition) is 0. The molecule has 0 aliphatic carbocycles. The highest BCUT2D eigenvalue weighted by atomic mass is 16.5. The van der Waals surface area contributed by atoms with E-state index in [1.165, 1.54) is 0 Å². The summed E-state index contributed by atoms with van der Waals surface area (Å²) in [5, 5.41) is 0. The summed E-state index contributed by atoms with van der Waals surface area (Å²) in [6.07, 6.45) is 7.30. The van der Waals surface area contributed by atoms with Gasteiger partial charge >= 0.3 is 0 Å². The monoisotopic (exact) mass is 391 g/mol. The average Bonchev–Trinajstić information content (AvgIpc) is 3.45. The number of rotatable bonds is 6. The molecule has 1 fully saturated rings. The first kappa shape index (κ1) is 19.1. The lowest BCUT2D eigenvalue weighted by molar-refractivity contribution is 0.0733. The van der Waals surface area contributed by atoms with E-state index in [-0.39, 0.29) is 11.9 Å². The summed E-state index contributed by atoms with van der Waals surface area (Å²) in [5.74, 6) is 1.55. The van der Waals surface area contributed by atoms with Gasteiger partial charge in [-0.1, -0.05) is 18.2 Å². The smallest absolute Gasteiger partial charge is 0.254 e. The molecule has 6 heteroatoms. The van der Waals surface area contributed by atoms with Crippen molar-refractivity contribution in [1.29, 1.82) is 0 Å². The molecule has 150 valence electrons. The Morgan fingerprint density at radius 1 is 1.17 bits per heavy atom. The van der Waals surface area contributed by atoms with Gasteiger partial charge in [0.15, 0.2) is 0 Å². The molecule has 1 aliphatic rings. The quantitative estimate of drug-likeness (QED) is 0.639. The molecule has 1 aliphatic heterocycles. The van der Waals surface area contributed by atoms with Crippen molar-refractivity contribution in [3.05, 3.63) is 77.9 Å². The molecular weight excluding hydrogens is 366 g/mol. The molecule has 2 heterocycles. The van der Waals surface area contributed by atoms with Crippen molar-refractivity contribution in [2.75, 3.05) is 20.8 Å². The maximum absolute atomic E-state index is 13.5. The van der Waals surface area contributed by atoms with Gasteiger partial charge in [0.25, 0.3) is 5.91 Å². The Morgan fingerprint density at radius 2 is 2.03 bits per heavy atom. The first-order valence-electron chi connectivity index (χ1n) is 9.78. The van der Waals surface area contributed by atoms with Gasteiger partial charge in [0, 0.05) is 42.7 Å². The van der Waals surface area contributed by atoms with Crippen molar-refractivity contribution in [2.24, 2.45) is 0 Å². The minimum atomic E-state index is -0.00958. The number of likely N-dealkylation sites (tertiary alicyclic amines) is 1. The summed E-state index contributed by atoms with van der Waals surface area (Å²) in [6.45, 7) is 1.35. The van der Waals surface area contributed by atoms with Crippen LogP contribution in [0.2, 0.25) is 0 Å². The Balaban J connectivity index is 1.64. The van der Waals surface area contributed by atoms with E-state index in [9.17, 15) is 4.79 Å². The topological polar surface area (TPSA) is 56.6 Å². The Labute approximate surface area is 170 Å². The van der Waals surface area contributed by atoms with Crippen molar-refractivity contribution >= 4 is 5.91 Å². The molecule has 0 N–H and O–H groups in total. The van der Waals surface area contributed by atoms with Crippen molar-refractivity contribution in [1.82, 2.24) is 14.5 Å². The number of benzene rings is 2. The van der Waals surface area contributed by atoms with Crippen LogP contribution in [0.4, 0.5) is 0 Å². The number of methoxy groups -OCH3 is 2. The van der Waals surface area contributed by atoms with Crippen LogP contribution in [0, 0.1) is 0 Å². The van der Waals surface area contributed by atoms with Crippen LogP contribution in [0.5, 0.6) is 11.5 Å². The van der Waals surface area contributed by atoms with E-state index in [1.54, 1.807) is 26.7 Å². The van der Waals surface area contributed by atoms with Gasteiger partial charge in [-0.25, -0.2) is 4.98 Å². The van der Waals surface area contributed by atoms with Crippen LogP contribution < -0.4 is 9.47 Å². The third kappa shape index (κ3) is 3.83. The van der Waals surface area contributed by atoms with Crippen molar-refractivity contribution in [3.63, 3.8) is 0 Å². The maximum atomic E-state index is 13.5. The summed E-state index contributed by atoms with van der Waals surface area (Å²) in [6, 6.07) is 13.6. The zero-order chi connectivity index (χ0) is 20.2. The molecule has 29 heavy (non-hydrogen) atoms. The second-order valence-electron chi connectivity index (χ2n) is 7.16. The SMILES string of the molecule is COc1ccc(C2CCCN2C(=O)c2ccccc2Cn2ccnc2)c(OC)c1. The predicted octanol–water partition coefficient (Wildman–Crippen LogP) is 3.93. The number of ether oxygens (including phenoxy) is 2. The van der Waals surface area contributed by atoms with E-state index >= 15 is 0 Å². The lowest BCUT2D eigenvalue weighted by Gasteiger charge is -2.27. The number of imidazole rings is 1. The lowest BCUT2D eigenvalue weighted by atomic mass is 10.0. The summed E-state index contributed by atoms with van der Waals surface area (Å²) >= 11 is 0. The third-order valence-corrected chi connectivity index (χ3v) is 5.47. The van der Waals surface area contributed by atoms with Crippen molar-refractivity contribution in [3.8, 4) is 11.5 Å². The molecule has 1 aromatic heterocycles. The minimum Gasteiger partial charge on any atom is -0.497 e. The van der Waals surface area contributed by atoms with E-state index in [4.69, 9.17) is 9.47 Å². The number of nitrogens with zero attached hydrogens (tertiary/aromatic N) is 3. The Bertz CT molecular complexity index is 985. The van der Waals surface area contributed by atoms with Gasteiger partial charge in [-0.05, 0) is 36.6 Å². The first-order chi connectivity index (χ1) is 14.2. The normalized spacial score (nSPS) is 16.1. The van der Waals surface area contributed by atoms with Crippen LogP contribution in [0.25, 0.3) is 0 Å². The predicted molar refractivity (Wildman–Crippen MR) is 110 cm³/mol. The van der Waals surface area contributed by atoms with Gasteiger partial charge in [-0.3, -0.25) is 4.79 Å². The standard InChI is InChI=1S/C23H25N3O3/c1-28-18-9-10-20(22(14-18)29-2)21-8-5-12-26(21)23(27)19-7-4-3-6-17(19)15-25-13-11-24-16-25/h3-4,6-7,9-11,13-14,16,21H,5,8,12,15H2,1-2H3. The van der Waals surface area contributed by atoms with E-state index in [0.29, 0.717) is 6.54 Å². The van der Waals surface area contributed by atoms with Crippen LogP contribution in [-0.2, 0) is 6.54 Å². The third-order valence-electron chi connectivity index (χ3n) is 5.47. The van der Waals surface area contributed by atoms with Crippen LogP contribution in [0.3, 0.4) is 0 Å². The summed E-state index contributed by atoms with van der Waals surface area (Å²) in [7, 11) is 3.29. The molecule has 1 atom stereocenters. The lowest BCUT2D eigenvalue weighted by Crippen LogP contribution is -2.31. The average molecular weight is 391 g/mol. The Hall–Kier alpha value is -3.28. The molecule has 0 radical (unpaired) electrons. The summed E-state index contributed by atoms with van der Waals surface area (Å²) in [4.78, 5) is 19.6. The van der Waals surface area contributed by atoms with Gasteiger partial charge in [0.1, 0.15) is 11.5 Å². The number of amides is 1. The summed E-state index contributed by atoms with van der Waals surface area (Å²) < 4.78 is 12.9. The fourth-order valence-electron chi connectivity index (χ4n) is 4.03. The van der Waals surface area contributed by atoms with Crippen LogP contribution >= 0.6 is 0 Å². The molecule has 4 rings (SSSR count). The second-order valence-corrected chi connectivity index (χ2v) is 7.16. The fraction of sp³-hybridized carbons (Fsp3) is 0.304. The second kappa shape index (κ2) is 8.39. The van der Waals surface area contributed by atoms with Crippen molar-refractivity contribution < 1.29 is 14.3 Å². The van der Waals surface area contributed by atoms with E-state index in [0.717, 1.165) is 47.6 Å². The van der Waals surface area contributed by atoms with E-state index < -0.39 is 0 Å². The largest absolute Gasteiger partial charge is 0.497 e. The highest BCUT2D eigenvalue weighted by Crippen LogP contribution is 2.39.